The second-order valence-corrected chi connectivity index (χ2v) is 5.54. The molecule has 1 aromatic heterocycles. The first kappa shape index (κ1) is 15.1. The highest BCUT2D eigenvalue weighted by molar-refractivity contribution is 5.86. The number of rotatable bonds is 6. The molecule has 0 amide bonds. The number of hydrogen-bond donors (Lipinski definition) is 1. The van der Waals surface area contributed by atoms with Gasteiger partial charge in [0.05, 0.1) is 13.2 Å². The van der Waals surface area contributed by atoms with Gasteiger partial charge in [-0.05, 0) is 31.0 Å². The molecule has 0 radical (unpaired) electrons. The topological polar surface area (TPSA) is 51.5 Å². The van der Waals surface area contributed by atoms with E-state index in [1.165, 1.54) is 39.2 Å². The van der Waals surface area contributed by atoms with E-state index in [1.807, 2.05) is 6.07 Å². The summed E-state index contributed by atoms with van der Waals surface area (Å²) in [5, 5.41) is 3.47. The SMILES string of the molecule is CCNC(CC1CCCCC1)c1ccc(C(=O)OC)o1. The maximum Gasteiger partial charge on any atom is 0.373 e. The highest BCUT2D eigenvalue weighted by Crippen LogP contribution is 2.32. The van der Waals surface area contributed by atoms with Gasteiger partial charge in [0, 0.05) is 0 Å². The fourth-order valence-corrected chi connectivity index (χ4v) is 3.05. The Labute approximate surface area is 120 Å². The van der Waals surface area contributed by atoms with E-state index in [2.05, 4.69) is 17.0 Å². The van der Waals surface area contributed by atoms with Crippen molar-refractivity contribution in [3.8, 4) is 0 Å². The third-order valence-corrected chi connectivity index (χ3v) is 4.10. The standard InChI is InChI=1S/C16H25NO3/c1-3-17-13(11-12-7-5-4-6-8-12)14-9-10-15(20-14)16(18)19-2/h9-10,12-13,17H,3-8,11H2,1-2H3. The van der Waals surface area contributed by atoms with Gasteiger partial charge in [-0.3, -0.25) is 0 Å². The lowest BCUT2D eigenvalue weighted by molar-refractivity contribution is 0.0561. The van der Waals surface area contributed by atoms with Crippen LogP contribution in [0, 0.1) is 5.92 Å². The molecule has 0 bridgehead atoms. The van der Waals surface area contributed by atoms with Crippen LogP contribution in [0.4, 0.5) is 0 Å². The van der Waals surface area contributed by atoms with Gasteiger partial charge in [0.15, 0.2) is 0 Å². The number of nitrogens with one attached hydrogen (secondary N) is 1. The molecule has 0 aliphatic heterocycles. The van der Waals surface area contributed by atoms with Crippen LogP contribution >= 0.6 is 0 Å². The molecule has 20 heavy (non-hydrogen) atoms. The molecule has 1 N–H and O–H groups in total. The van der Waals surface area contributed by atoms with E-state index >= 15 is 0 Å². The molecule has 1 saturated carbocycles. The predicted molar refractivity (Wildman–Crippen MR) is 77.7 cm³/mol. The van der Waals surface area contributed by atoms with Crippen LogP contribution in [-0.4, -0.2) is 19.6 Å². The number of carbonyl (C=O) groups is 1. The molecule has 112 valence electrons. The van der Waals surface area contributed by atoms with Crippen molar-refractivity contribution in [2.24, 2.45) is 5.92 Å². The number of esters is 1. The first-order valence-electron chi connectivity index (χ1n) is 7.66. The number of carbonyl (C=O) groups excluding carboxylic acids is 1. The maximum absolute atomic E-state index is 11.5. The molecule has 4 nitrogen and oxygen atoms in total. The molecule has 2 rings (SSSR count). The molecule has 1 unspecified atom stereocenters. The zero-order chi connectivity index (χ0) is 14.4. The lowest BCUT2D eigenvalue weighted by Crippen LogP contribution is -2.24. The molecule has 4 heteroatoms. The Morgan fingerprint density at radius 2 is 2.15 bits per heavy atom. The predicted octanol–water partition coefficient (Wildman–Crippen LogP) is 3.69. The third kappa shape index (κ3) is 3.85. The Morgan fingerprint density at radius 1 is 1.40 bits per heavy atom. The van der Waals surface area contributed by atoms with Crippen molar-refractivity contribution in [3.63, 3.8) is 0 Å². The zero-order valence-electron chi connectivity index (χ0n) is 12.5. The van der Waals surface area contributed by atoms with E-state index in [0.29, 0.717) is 0 Å². The van der Waals surface area contributed by atoms with E-state index in [-0.39, 0.29) is 11.8 Å². The Morgan fingerprint density at radius 3 is 2.80 bits per heavy atom. The monoisotopic (exact) mass is 279 g/mol. The van der Waals surface area contributed by atoms with Crippen LogP contribution in [0.15, 0.2) is 16.5 Å². The van der Waals surface area contributed by atoms with Crippen molar-refractivity contribution in [1.82, 2.24) is 5.32 Å². The van der Waals surface area contributed by atoms with Gasteiger partial charge in [0.25, 0.3) is 0 Å². The number of furan rings is 1. The van der Waals surface area contributed by atoms with Crippen LogP contribution < -0.4 is 5.32 Å². The quantitative estimate of drug-likeness (QED) is 0.807. The average Bonchev–Trinajstić information content (AvgIpc) is 2.97. The molecule has 0 aromatic carbocycles. The molecular weight excluding hydrogens is 254 g/mol. The number of hydrogen-bond acceptors (Lipinski definition) is 4. The molecule has 0 saturated heterocycles. The highest BCUT2D eigenvalue weighted by atomic mass is 16.5. The van der Waals surface area contributed by atoms with Crippen molar-refractivity contribution in [2.45, 2.75) is 51.5 Å². The van der Waals surface area contributed by atoms with Crippen LogP contribution in [0.1, 0.15) is 67.8 Å². The zero-order valence-corrected chi connectivity index (χ0v) is 12.5. The number of ether oxygens (including phenoxy) is 1. The van der Waals surface area contributed by atoms with Crippen LogP contribution in [-0.2, 0) is 4.74 Å². The fourth-order valence-electron chi connectivity index (χ4n) is 3.05. The minimum atomic E-state index is -0.413. The highest BCUT2D eigenvalue weighted by Gasteiger charge is 2.23. The fraction of sp³-hybridized carbons (Fsp3) is 0.688. The average molecular weight is 279 g/mol. The molecule has 1 aliphatic rings. The van der Waals surface area contributed by atoms with Crippen LogP contribution in [0.5, 0.6) is 0 Å². The Balaban J connectivity index is 2.03. The minimum absolute atomic E-state index is 0.196. The lowest BCUT2D eigenvalue weighted by Gasteiger charge is -2.26. The van der Waals surface area contributed by atoms with Crippen molar-refractivity contribution < 1.29 is 13.9 Å². The van der Waals surface area contributed by atoms with Crippen LogP contribution in [0.25, 0.3) is 0 Å². The summed E-state index contributed by atoms with van der Waals surface area (Å²) in [6, 6.07) is 3.79. The normalized spacial score (nSPS) is 17.9. The van der Waals surface area contributed by atoms with Crippen molar-refractivity contribution in [1.29, 1.82) is 0 Å². The van der Waals surface area contributed by atoms with E-state index in [1.54, 1.807) is 6.07 Å². The Kier molecular flexibility index (Phi) is 5.65. The van der Waals surface area contributed by atoms with Gasteiger partial charge in [-0.2, -0.15) is 0 Å². The van der Waals surface area contributed by atoms with Gasteiger partial charge < -0.3 is 14.5 Å². The lowest BCUT2D eigenvalue weighted by atomic mass is 9.84. The molecule has 1 heterocycles. The number of methoxy groups -OCH3 is 1. The summed E-state index contributed by atoms with van der Waals surface area (Å²) >= 11 is 0. The van der Waals surface area contributed by atoms with Crippen molar-refractivity contribution in [3.05, 3.63) is 23.7 Å². The molecule has 1 atom stereocenters. The van der Waals surface area contributed by atoms with E-state index in [4.69, 9.17) is 4.42 Å². The van der Waals surface area contributed by atoms with E-state index in [9.17, 15) is 4.79 Å². The van der Waals surface area contributed by atoms with Gasteiger partial charge >= 0.3 is 5.97 Å². The summed E-state index contributed by atoms with van der Waals surface area (Å²) in [6.45, 7) is 2.99. The Bertz CT molecular complexity index is 421. The molecule has 1 fully saturated rings. The van der Waals surface area contributed by atoms with Crippen molar-refractivity contribution >= 4 is 5.97 Å². The summed E-state index contributed by atoms with van der Waals surface area (Å²) in [5.74, 6) is 1.48. The smallest absolute Gasteiger partial charge is 0.373 e. The van der Waals surface area contributed by atoms with Gasteiger partial charge in [0.1, 0.15) is 5.76 Å². The molecular formula is C16H25NO3. The second-order valence-electron chi connectivity index (χ2n) is 5.54. The first-order chi connectivity index (χ1) is 9.74. The van der Waals surface area contributed by atoms with Gasteiger partial charge in [-0.15, -0.1) is 0 Å². The van der Waals surface area contributed by atoms with Gasteiger partial charge in [0.2, 0.25) is 5.76 Å². The largest absolute Gasteiger partial charge is 0.463 e. The van der Waals surface area contributed by atoms with E-state index in [0.717, 1.165) is 24.6 Å². The molecule has 1 aromatic rings. The summed E-state index contributed by atoms with van der Waals surface area (Å²) in [4.78, 5) is 11.5. The summed E-state index contributed by atoms with van der Waals surface area (Å²) in [5.41, 5.74) is 0. The van der Waals surface area contributed by atoms with Gasteiger partial charge in [-0.1, -0.05) is 39.0 Å². The second kappa shape index (κ2) is 7.48. The van der Waals surface area contributed by atoms with E-state index < -0.39 is 5.97 Å². The Hall–Kier alpha value is -1.29. The molecule has 1 aliphatic carbocycles. The van der Waals surface area contributed by atoms with Crippen LogP contribution in [0.3, 0.4) is 0 Å². The maximum atomic E-state index is 11.5. The summed E-state index contributed by atoms with van der Waals surface area (Å²) < 4.78 is 10.3. The summed E-state index contributed by atoms with van der Waals surface area (Å²) in [6.07, 6.45) is 7.76. The summed E-state index contributed by atoms with van der Waals surface area (Å²) in [7, 11) is 1.37. The first-order valence-corrected chi connectivity index (χ1v) is 7.66. The minimum Gasteiger partial charge on any atom is -0.463 e. The molecule has 0 spiro atoms. The van der Waals surface area contributed by atoms with Gasteiger partial charge in [-0.25, -0.2) is 4.79 Å². The van der Waals surface area contributed by atoms with Crippen LogP contribution in [0.2, 0.25) is 0 Å². The van der Waals surface area contributed by atoms with Crippen molar-refractivity contribution in [2.75, 3.05) is 13.7 Å². The third-order valence-electron chi connectivity index (χ3n) is 4.10.